The largest absolute Gasteiger partial charge is 0.372 e. The topological polar surface area (TPSA) is 80.2 Å². The number of fused-ring (bicyclic) bond motifs is 1. The quantitative estimate of drug-likeness (QED) is 0.768. The first-order valence-corrected chi connectivity index (χ1v) is 8.42. The van der Waals surface area contributed by atoms with E-state index in [1.54, 1.807) is 6.07 Å². The molecular weight excluding hydrogens is 316 g/mol. The van der Waals surface area contributed by atoms with E-state index in [-0.39, 0.29) is 6.10 Å². The predicted octanol–water partition coefficient (Wildman–Crippen LogP) is 1.81. The van der Waals surface area contributed by atoms with Crippen molar-refractivity contribution < 1.29 is 4.74 Å². The number of nitrogens with zero attached hydrogens (tertiary/aromatic N) is 5. The molecule has 1 saturated heterocycles. The summed E-state index contributed by atoms with van der Waals surface area (Å²) in [5.74, 6) is 0.421. The maximum absolute atomic E-state index is 9.07. The highest BCUT2D eigenvalue weighted by atomic mass is 16.5. The molecule has 1 fully saturated rings. The normalized spacial score (nSPS) is 20.2. The Balaban J connectivity index is 1.42. The predicted molar refractivity (Wildman–Crippen MR) is 91.6 cm³/mol. The van der Waals surface area contributed by atoms with Gasteiger partial charge in [0.1, 0.15) is 17.8 Å². The molecule has 0 aromatic carbocycles. The maximum Gasteiger partial charge on any atom is 0.137 e. The van der Waals surface area contributed by atoms with Gasteiger partial charge in [0.2, 0.25) is 0 Å². The van der Waals surface area contributed by atoms with Gasteiger partial charge in [-0.1, -0.05) is 0 Å². The molecule has 3 aromatic rings. The van der Waals surface area contributed by atoms with Crippen LogP contribution in [0.25, 0.3) is 5.65 Å². The van der Waals surface area contributed by atoms with Crippen LogP contribution >= 0.6 is 0 Å². The second-order valence-corrected chi connectivity index (χ2v) is 6.36. The number of imidazole rings is 1. The van der Waals surface area contributed by atoms with Gasteiger partial charge in [-0.05, 0) is 24.6 Å². The van der Waals surface area contributed by atoms with Crippen molar-refractivity contribution in [1.82, 2.24) is 24.5 Å². The molecule has 4 heterocycles. The second kappa shape index (κ2) is 6.67. The summed E-state index contributed by atoms with van der Waals surface area (Å²) < 4.78 is 9.78. The van der Waals surface area contributed by atoms with Crippen LogP contribution in [-0.2, 0) is 18.3 Å². The third-order valence-electron chi connectivity index (χ3n) is 4.79. The highest BCUT2D eigenvalue weighted by molar-refractivity contribution is 5.44. The van der Waals surface area contributed by atoms with Crippen molar-refractivity contribution in [2.75, 3.05) is 13.2 Å². The van der Waals surface area contributed by atoms with E-state index in [0.717, 1.165) is 36.6 Å². The summed E-state index contributed by atoms with van der Waals surface area (Å²) in [6.45, 7) is 2.34. The third-order valence-corrected chi connectivity index (χ3v) is 4.79. The van der Waals surface area contributed by atoms with Gasteiger partial charge < -0.3 is 14.5 Å². The Hall–Kier alpha value is -2.69. The molecule has 1 N–H and O–H groups in total. The van der Waals surface area contributed by atoms with Crippen LogP contribution in [-0.4, -0.2) is 32.3 Å². The molecule has 128 valence electrons. The Morgan fingerprint density at radius 1 is 1.40 bits per heavy atom. The first-order chi connectivity index (χ1) is 12.3. The minimum Gasteiger partial charge on any atom is -0.372 e. The molecule has 0 unspecified atom stereocenters. The summed E-state index contributed by atoms with van der Waals surface area (Å²) in [7, 11) is 1.95. The van der Waals surface area contributed by atoms with Gasteiger partial charge in [0.25, 0.3) is 0 Å². The number of hydrogen-bond acceptors (Lipinski definition) is 5. The number of rotatable bonds is 5. The Morgan fingerprint density at radius 3 is 3.12 bits per heavy atom. The van der Waals surface area contributed by atoms with Gasteiger partial charge in [0, 0.05) is 45.1 Å². The highest BCUT2D eigenvalue weighted by Gasteiger charge is 2.31. The zero-order valence-electron chi connectivity index (χ0n) is 14.1. The SMILES string of the molecule is Cn1nccc1[C@@H]1OCC[C@H]1CNCc1cnc2ccc(C#N)cn12. The van der Waals surface area contributed by atoms with Crippen LogP contribution < -0.4 is 5.32 Å². The Bertz CT molecular complexity index is 921. The minimum absolute atomic E-state index is 0.0902. The van der Waals surface area contributed by atoms with Crippen LogP contribution in [0.2, 0.25) is 0 Å². The van der Waals surface area contributed by atoms with Crippen molar-refractivity contribution in [3.8, 4) is 6.07 Å². The summed E-state index contributed by atoms with van der Waals surface area (Å²) in [5, 5.41) is 16.8. The molecule has 3 aromatic heterocycles. The summed E-state index contributed by atoms with van der Waals surface area (Å²) in [5.41, 5.74) is 3.65. The summed E-state index contributed by atoms with van der Waals surface area (Å²) in [6, 6.07) is 7.85. The Labute approximate surface area is 145 Å². The van der Waals surface area contributed by atoms with E-state index in [4.69, 9.17) is 10.00 Å². The molecule has 2 atom stereocenters. The number of pyridine rings is 1. The average molecular weight is 336 g/mol. The van der Waals surface area contributed by atoms with Crippen molar-refractivity contribution >= 4 is 5.65 Å². The highest BCUT2D eigenvalue weighted by Crippen LogP contribution is 2.33. The van der Waals surface area contributed by atoms with Gasteiger partial charge in [-0.2, -0.15) is 10.4 Å². The van der Waals surface area contributed by atoms with E-state index in [0.29, 0.717) is 18.0 Å². The summed E-state index contributed by atoms with van der Waals surface area (Å²) in [6.07, 6.45) is 6.62. The summed E-state index contributed by atoms with van der Waals surface area (Å²) >= 11 is 0. The van der Waals surface area contributed by atoms with Crippen molar-refractivity contribution in [3.63, 3.8) is 0 Å². The first-order valence-electron chi connectivity index (χ1n) is 8.42. The summed E-state index contributed by atoms with van der Waals surface area (Å²) in [4.78, 5) is 4.39. The maximum atomic E-state index is 9.07. The molecule has 1 aliphatic heterocycles. The van der Waals surface area contributed by atoms with Crippen molar-refractivity contribution in [2.45, 2.75) is 19.1 Å². The molecule has 1 aliphatic rings. The average Bonchev–Trinajstić information content (AvgIpc) is 3.34. The van der Waals surface area contributed by atoms with Gasteiger partial charge in [0.05, 0.1) is 23.1 Å². The number of nitriles is 1. The lowest BCUT2D eigenvalue weighted by molar-refractivity contribution is 0.0837. The number of ether oxygens (including phenoxy) is 1. The number of hydrogen-bond donors (Lipinski definition) is 1. The van der Waals surface area contributed by atoms with Crippen LogP contribution in [0.15, 0.2) is 36.8 Å². The number of aromatic nitrogens is 4. The van der Waals surface area contributed by atoms with Crippen molar-refractivity contribution in [1.29, 1.82) is 5.26 Å². The molecule has 0 aliphatic carbocycles. The molecule has 0 spiro atoms. The van der Waals surface area contributed by atoms with Gasteiger partial charge >= 0.3 is 0 Å². The zero-order valence-corrected chi connectivity index (χ0v) is 14.1. The van der Waals surface area contributed by atoms with Crippen molar-refractivity contribution in [3.05, 3.63) is 53.7 Å². The van der Waals surface area contributed by atoms with Crippen LogP contribution in [0.1, 0.15) is 29.5 Å². The van der Waals surface area contributed by atoms with Crippen molar-refractivity contribution in [2.24, 2.45) is 13.0 Å². The van der Waals surface area contributed by atoms with Crippen LogP contribution in [0.4, 0.5) is 0 Å². The fourth-order valence-corrected chi connectivity index (χ4v) is 3.45. The van der Waals surface area contributed by atoms with E-state index in [1.165, 1.54) is 0 Å². The standard InChI is InChI=1S/C18H20N6O/c1-23-16(4-6-22-23)18-14(5-7-25-18)9-20-10-15-11-21-17-3-2-13(8-19)12-24(15)17/h2-4,6,11-12,14,18,20H,5,7,9-10H2,1H3/t14-,18+/m0/s1. The lowest BCUT2D eigenvalue weighted by atomic mass is 9.99. The molecule has 0 bridgehead atoms. The lowest BCUT2D eigenvalue weighted by Crippen LogP contribution is -2.26. The van der Waals surface area contributed by atoms with E-state index >= 15 is 0 Å². The van der Waals surface area contributed by atoms with E-state index < -0.39 is 0 Å². The molecule has 0 saturated carbocycles. The smallest absolute Gasteiger partial charge is 0.137 e. The van der Waals surface area contributed by atoms with Gasteiger partial charge in [-0.25, -0.2) is 4.98 Å². The minimum atomic E-state index is 0.0902. The second-order valence-electron chi connectivity index (χ2n) is 6.36. The van der Waals surface area contributed by atoms with E-state index in [9.17, 15) is 0 Å². The van der Waals surface area contributed by atoms with E-state index in [2.05, 4.69) is 21.5 Å². The Morgan fingerprint density at radius 2 is 2.32 bits per heavy atom. The molecule has 4 rings (SSSR count). The fourth-order valence-electron chi connectivity index (χ4n) is 3.45. The Kier molecular flexibility index (Phi) is 4.22. The third kappa shape index (κ3) is 3.02. The first kappa shape index (κ1) is 15.8. The van der Waals surface area contributed by atoms with Gasteiger partial charge in [0.15, 0.2) is 0 Å². The van der Waals surface area contributed by atoms with E-state index in [1.807, 2.05) is 46.9 Å². The fraction of sp³-hybridized carbons (Fsp3) is 0.389. The molecule has 0 amide bonds. The molecule has 7 heteroatoms. The monoisotopic (exact) mass is 336 g/mol. The number of aryl methyl sites for hydroxylation is 1. The molecule has 7 nitrogen and oxygen atoms in total. The molecule has 0 radical (unpaired) electrons. The lowest BCUT2D eigenvalue weighted by Gasteiger charge is -2.19. The molecule has 25 heavy (non-hydrogen) atoms. The van der Waals surface area contributed by atoms with Gasteiger partial charge in [-0.15, -0.1) is 0 Å². The zero-order chi connectivity index (χ0) is 17.2. The molecular formula is C18H20N6O. The van der Waals surface area contributed by atoms with Gasteiger partial charge in [-0.3, -0.25) is 4.68 Å². The van der Waals surface area contributed by atoms with Crippen LogP contribution in [0.5, 0.6) is 0 Å². The van der Waals surface area contributed by atoms with Crippen LogP contribution in [0, 0.1) is 17.2 Å². The van der Waals surface area contributed by atoms with Crippen LogP contribution in [0.3, 0.4) is 0 Å². The number of nitrogens with one attached hydrogen (secondary N) is 1.